The van der Waals surface area contributed by atoms with Crippen molar-refractivity contribution in [3.05, 3.63) is 47.7 Å². The maximum atomic E-state index is 13.2. The summed E-state index contributed by atoms with van der Waals surface area (Å²) in [7, 11) is 1.41. The number of benzene rings is 1. The summed E-state index contributed by atoms with van der Waals surface area (Å²) >= 11 is 0. The Morgan fingerprint density at radius 3 is 2.49 bits per heavy atom. The van der Waals surface area contributed by atoms with Gasteiger partial charge in [0.05, 0.1) is 22.7 Å². The van der Waals surface area contributed by atoms with Crippen LogP contribution in [0.5, 0.6) is 0 Å². The summed E-state index contributed by atoms with van der Waals surface area (Å²) in [5.74, 6) is -1.95. The maximum Gasteiger partial charge on any atom is 0.316 e. The van der Waals surface area contributed by atoms with Crippen molar-refractivity contribution in [3.8, 4) is 0 Å². The van der Waals surface area contributed by atoms with Crippen LogP contribution in [0.2, 0.25) is 0 Å². The summed E-state index contributed by atoms with van der Waals surface area (Å²) in [6, 6.07) is 7.64. The van der Waals surface area contributed by atoms with Gasteiger partial charge in [0.25, 0.3) is 11.8 Å². The second-order valence-electron chi connectivity index (χ2n) is 11.3. The number of carbonyl (C=O) groups is 4. The van der Waals surface area contributed by atoms with Gasteiger partial charge in [-0.05, 0) is 65.2 Å². The number of hydrazine groups is 1. The lowest BCUT2D eigenvalue weighted by Gasteiger charge is -2.35. The van der Waals surface area contributed by atoms with Crippen LogP contribution in [-0.2, 0) is 28.7 Å². The number of cyclic esters (lactones) is 1. The molecule has 3 N–H and O–H groups in total. The minimum Gasteiger partial charge on any atom is -0.449 e. The predicted octanol–water partition coefficient (Wildman–Crippen LogP) is 2.41. The number of ether oxygens (including phenoxy) is 2. The van der Waals surface area contributed by atoms with Crippen LogP contribution in [0.25, 0.3) is 17.0 Å². The number of rotatable bonds is 2. The summed E-state index contributed by atoms with van der Waals surface area (Å²) in [6.45, 7) is 8.78. The van der Waals surface area contributed by atoms with E-state index in [1.54, 1.807) is 39.8 Å². The third-order valence-electron chi connectivity index (χ3n) is 7.55. The van der Waals surface area contributed by atoms with Crippen molar-refractivity contribution < 1.29 is 28.7 Å². The molecule has 11 nitrogen and oxygen atoms in total. The number of carbonyl (C=O) groups excluding carboxylic acids is 4. The van der Waals surface area contributed by atoms with Gasteiger partial charge in [-0.3, -0.25) is 29.2 Å². The van der Waals surface area contributed by atoms with E-state index < -0.39 is 47.5 Å². The molecule has 11 heteroatoms. The number of hydrogen-bond acceptors (Lipinski definition) is 8. The number of pyridine rings is 1. The van der Waals surface area contributed by atoms with Crippen molar-refractivity contribution in [3.63, 3.8) is 0 Å². The van der Waals surface area contributed by atoms with Gasteiger partial charge in [0, 0.05) is 19.0 Å². The first-order valence-corrected chi connectivity index (χ1v) is 13.9. The molecule has 5 atom stereocenters. The standard InChI is InChI=1S/C30H39N5O6/c1-17-22-12-11-21-10-9-20(16-24(21)33-22)13-14-30(4,5)29(39)41-25(19(3)40-6)27(37)32-18(2)28(38)35-15-7-8-23(34-35)26(36)31-17/h9-14,16-19,23,25,34H,7-8,15H2,1-6H3,(H,31,36)(H,32,37)/b14-13+/t17-,18+,19-,23+,25?/m1/s1. The van der Waals surface area contributed by atoms with E-state index in [1.165, 1.54) is 12.1 Å². The van der Waals surface area contributed by atoms with Gasteiger partial charge in [-0.2, -0.15) is 0 Å². The molecule has 1 aromatic heterocycles. The van der Waals surface area contributed by atoms with Crippen molar-refractivity contribution in [2.75, 3.05) is 13.7 Å². The topological polar surface area (TPSA) is 139 Å². The van der Waals surface area contributed by atoms with Gasteiger partial charge >= 0.3 is 5.97 Å². The molecular weight excluding hydrogens is 526 g/mol. The lowest BCUT2D eigenvalue weighted by Crippen LogP contribution is -2.61. The summed E-state index contributed by atoms with van der Waals surface area (Å²) in [4.78, 5) is 57.6. The third-order valence-corrected chi connectivity index (χ3v) is 7.55. The predicted molar refractivity (Wildman–Crippen MR) is 153 cm³/mol. The van der Waals surface area contributed by atoms with Crippen LogP contribution < -0.4 is 16.1 Å². The molecule has 1 fully saturated rings. The Bertz CT molecular complexity index is 1360. The van der Waals surface area contributed by atoms with Gasteiger partial charge in [-0.1, -0.05) is 30.4 Å². The highest BCUT2D eigenvalue weighted by Gasteiger charge is 2.37. The molecule has 0 radical (unpaired) electrons. The molecule has 220 valence electrons. The largest absolute Gasteiger partial charge is 0.449 e. The molecule has 5 bridgehead atoms. The maximum absolute atomic E-state index is 13.2. The number of hydrogen-bond donors (Lipinski definition) is 3. The number of amides is 3. The molecule has 0 aliphatic carbocycles. The molecule has 1 unspecified atom stereocenters. The Kier molecular flexibility index (Phi) is 9.08. The molecule has 2 aliphatic rings. The first-order valence-electron chi connectivity index (χ1n) is 13.9. The van der Waals surface area contributed by atoms with E-state index in [-0.39, 0.29) is 11.9 Å². The van der Waals surface area contributed by atoms with E-state index >= 15 is 0 Å². The van der Waals surface area contributed by atoms with Crippen molar-refractivity contribution in [1.29, 1.82) is 0 Å². The fourth-order valence-corrected chi connectivity index (χ4v) is 4.73. The number of nitrogens with zero attached hydrogens (tertiary/aromatic N) is 2. The zero-order chi connectivity index (χ0) is 29.9. The summed E-state index contributed by atoms with van der Waals surface area (Å²) < 4.78 is 11.0. The van der Waals surface area contributed by atoms with Gasteiger partial charge < -0.3 is 20.1 Å². The van der Waals surface area contributed by atoms with Crippen LogP contribution >= 0.6 is 0 Å². The fourth-order valence-electron chi connectivity index (χ4n) is 4.73. The van der Waals surface area contributed by atoms with E-state index in [4.69, 9.17) is 14.5 Å². The normalized spacial score (nSPS) is 27.5. The molecule has 4 rings (SSSR count). The van der Waals surface area contributed by atoms with E-state index in [1.807, 2.05) is 37.3 Å². The quantitative estimate of drug-likeness (QED) is 0.472. The van der Waals surface area contributed by atoms with E-state index in [0.29, 0.717) is 25.1 Å². The van der Waals surface area contributed by atoms with Gasteiger partial charge in [-0.15, -0.1) is 0 Å². The van der Waals surface area contributed by atoms with Crippen molar-refractivity contribution in [1.82, 2.24) is 26.1 Å². The van der Waals surface area contributed by atoms with Crippen molar-refractivity contribution >= 4 is 40.7 Å². The molecular formula is C30H39N5O6. The lowest BCUT2D eigenvalue weighted by molar-refractivity contribution is -0.170. The summed E-state index contributed by atoms with van der Waals surface area (Å²) in [5, 5.41) is 7.94. The molecule has 1 aromatic carbocycles. The molecule has 3 amide bonds. The van der Waals surface area contributed by atoms with E-state index in [0.717, 1.165) is 16.5 Å². The Balaban J connectivity index is 1.71. The number of aromatic nitrogens is 1. The summed E-state index contributed by atoms with van der Waals surface area (Å²) in [6.07, 6.45) is 2.60. The molecule has 2 aliphatic heterocycles. The molecule has 3 heterocycles. The number of esters is 1. The molecule has 0 spiro atoms. The second kappa shape index (κ2) is 12.4. The average Bonchev–Trinajstić information content (AvgIpc) is 2.96. The zero-order valence-electron chi connectivity index (χ0n) is 24.4. The van der Waals surface area contributed by atoms with Crippen molar-refractivity contribution in [2.45, 2.75) is 77.8 Å². The first-order chi connectivity index (χ1) is 19.4. The SMILES string of the molecule is CO[C@H](C)C1OC(=O)C(C)(C)/C=C/c2ccc3ccc(nc3c2)[C@@H](C)NC(=O)[C@@H]2CCCN(N2)C(=O)[C@H](C)NC1=O. The third kappa shape index (κ3) is 6.91. The van der Waals surface area contributed by atoms with E-state index in [2.05, 4.69) is 16.1 Å². The Hall–Kier alpha value is -3.83. The van der Waals surface area contributed by atoms with Gasteiger partial charge in [-0.25, -0.2) is 5.43 Å². The molecule has 2 aromatic rings. The van der Waals surface area contributed by atoms with Crippen LogP contribution in [0.3, 0.4) is 0 Å². The molecule has 41 heavy (non-hydrogen) atoms. The summed E-state index contributed by atoms with van der Waals surface area (Å²) in [5.41, 5.74) is 4.18. The van der Waals surface area contributed by atoms with E-state index in [9.17, 15) is 19.2 Å². The molecule has 0 saturated carbocycles. The van der Waals surface area contributed by atoms with Gasteiger partial charge in [0.2, 0.25) is 12.0 Å². The van der Waals surface area contributed by atoms with Crippen LogP contribution in [-0.4, -0.2) is 71.6 Å². The smallest absolute Gasteiger partial charge is 0.316 e. The second-order valence-corrected chi connectivity index (χ2v) is 11.3. The zero-order valence-corrected chi connectivity index (χ0v) is 24.4. The molecule has 1 saturated heterocycles. The minimum absolute atomic E-state index is 0.251. The fraction of sp³-hybridized carbons (Fsp3) is 0.500. The number of nitrogens with one attached hydrogen (secondary N) is 3. The highest BCUT2D eigenvalue weighted by Crippen LogP contribution is 2.25. The monoisotopic (exact) mass is 565 g/mol. The number of fused-ring (bicyclic) bond motifs is 4. The van der Waals surface area contributed by atoms with Crippen LogP contribution in [0.15, 0.2) is 36.4 Å². The van der Waals surface area contributed by atoms with Crippen LogP contribution in [0.4, 0.5) is 0 Å². The average molecular weight is 566 g/mol. The Morgan fingerprint density at radius 2 is 1.76 bits per heavy atom. The van der Waals surface area contributed by atoms with Crippen molar-refractivity contribution in [2.24, 2.45) is 5.41 Å². The Morgan fingerprint density at radius 1 is 1.05 bits per heavy atom. The van der Waals surface area contributed by atoms with Crippen LogP contribution in [0, 0.1) is 5.41 Å². The Labute approximate surface area is 240 Å². The highest BCUT2D eigenvalue weighted by molar-refractivity contribution is 5.92. The first kappa shape index (κ1) is 30.1. The van der Waals surface area contributed by atoms with Crippen LogP contribution in [0.1, 0.15) is 64.8 Å². The lowest BCUT2D eigenvalue weighted by atomic mass is 9.92. The van der Waals surface area contributed by atoms with Gasteiger partial charge in [0.15, 0.2) is 0 Å². The number of methoxy groups -OCH3 is 1. The minimum atomic E-state index is -1.29. The van der Waals surface area contributed by atoms with Gasteiger partial charge in [0.1, 0.15) is 18.2 Å². The highest BCUT2D eigenvalue weighted by atomic mass is 16.6.